The number of amides is 2. The number of benzene rings is 2. The lowest BCUT2D eigenvalue weighted by molar-refractivity contribution is -0.133. The molecule has 0 heterocycles. The Morgan fingerprint density at radius 3 is 2.42 bits per heavy atom. The van der Waals surface area contributed by atoms with Crippen molar-refractivity contribution in [2.24, 2.45) is 0 Å². The van der Waals surface area contributed by atoms with Crippen molar-refractivity contribution >= 4 is 11.8 Å². The highest BCUT2D eigenvalue weighted by Gasteiger charge is 2.17. The van der Waals surface area contributed by atoms with E-state index in [1.165, 1.54) is 25.1 Å². The van der Waals surface area contributed by atoms with Crippen molar-refractivity contribution in [2.45, 2.75) is 26.4 Å². The maximum Gasteiger partial charge on any atom is 0.279 e. The van der Waals surface area contributed by atoms with Gasteiger partial charge in [0.2, 0.25) is 0 Å². The molecule has 0 aliphatic carbocycles. The zero-order valence-electron chi connectivity index (χ0n) is 14.6. The average Bonchev–Trinajstić information content (AvgIpc) is 2.66. The number of aryl methyl sites for hydroxylation is 1. The molecule has 6 nitrogen and oxygen atoms in total. The van der Waals surface area contributed by atoms with Gasteiger partial charge in [-0.25, -0.2) is 4.39 Å². The number of hydrogen-bond acceptors (Lipinski definition) is 4. The van der Waals surface area contributed by atoms with Gasteiger partial charge in [-0.1, -0.05) is 31.2 Å². The SMILES string of the molecule is CCc1ccc(OCC(=O)NNC(=O)C(C)Oc2ccccc2F)cc1. The zero-order valence-corrected chi connectivity index (χ0v) is 14.6. The van der Waals surface area contributed by atoms with Gasteiger partial charge in [-0.2, -0.15) is 0 Å². The molecule has 2 aromatic carbocycles. The first-order chi connectivity index (χ1) is 12.5. The number of ether oxygens (including phenoxy) is 2. The maximum atomic E-state index is 13.5. The third kappa shape index (κ3) is 5.77. The smallest absolute Gasteiger partial charge is 0.279 e. The lowest BCUT2D eigenvalue weighted by Gasteiger charge is -2.15. The van der Waals surface area contributed by atoms with E-state index in [-0.39, 0.29) is 12.4 Å². The standard InChI is InChI=1S/C19H21FN2O4/c1-3-14-8-10-15(11-9-14)25-12-18(23)21-22-19(24)13(2)26-17-7-5-4-6-16(17)20/h4-11,13H,3,12H2,1-2H3,(H,21,23)(H,22,24). The van der Waals surface area contributed by atoms with Crippen LogP contribution in [0.25, 0.3) is 0 Å². The minimum atomic E-state index is -0.991. The van der Waals surface area contributed by atoms with Crippen molar-refractivity contribution in [1.29, 1.82) is 0 Å². The molecule has 138 valence electrons. The predicted octanol–water partition coefficient (Wildman–Crippen LogP) is 2.38. The predicted molar refractivity (Wildman–Crippen MR) is 94.1 cm³/mol. The van der Waals surface area contributed by atoms with Gasteiger partial charge in [0.15, 0.2) is 24.3 Å². The Morgan fingerprint density at radius 2 is 1.77 bits per heavy atom. The van der Waals surface area contributed by atoms with Gasteiger partial charge >= 0.3 is 0 Å². The Bertz CT molecular complexity index is 749. The first kappa shape index (κ1) is 19.2. The molecule has 1 atom stereocenters. The van der Waals surface area contributed by atoms with Gasteiger partial charge in [-0.3, -0.25) is 20.4 Å². The van der Waals surface area contributed by atoms with Gasteiger partial charge in [-0.05, 0) is 43.2 Å². The summed E-state index contributed by atoms with van der Waals surface area (Å²) in [7, 11) is 0. The van der Waals surface area contributed by atoms with Gasteiger partial charge in [0.25, 0.3) is 11.8 Å². The minimum absolute atomic E-state index is 0.0414. The number of rotatable bonds is 7. The Morgan fingerprint density at radius 1 is 1.08 bits per heavy atom. The van der Waals surface area contributed by atoms with Crippen LogP contribution in [0, 0.1) is 5.82 Å². The Labute approximate surface area is 151 Å². The number of hydrogen-bond donors (Lipinski definition) is 2. The molecular formula is C19H21FN2O4. The monoisotopic (exact) mass is 360 g/mol. The molecule has 0 aliphatic heterocycles. The summed E-state index contributed by atoms with van der Waals surface area (Å²) in [6.45, 7) is 3.23. The fourth-order valence-corrected chi connectivity index (χ4v) is 2.02. The molecule has 0 radical (unpaired) electrons. The molecule has 2 N–H and O–H groups in total. The van der Waals surface area contributed by atoms with Crippen molar-refractivity contribution in [3.8, 4) is 11.5 Å². The first-order valence-electron chi connectivity index (χ1n) is 8.21. The van der Waals surface area contributed by atoms with E-state index >= 15 is 0 Å². The zero-order chi connectivity index (χ0) is 18.9. The highest BCUT2D eigenvalue weighted by molar-refractivity contribution is 5.85. The third-order valence-electron chi connectivity index (χ3n) is 3.54. The van der Waals surface area contributed by atoms with Crippen LogP contribution in [0.1, 0.15) is 19.4 Å². The van der Waals surface area contributed by atoms with Gasteiger partial charge in [0.05, 0.1) is 0 Å². The Kier molecular flexibility index (Phi) is 6.96. The fraction of sp³-hybridized carbons (Fsp3) is 0.263. The second kappa shape index (κ2) is 9.41. The summed E-state index contributed by atoms with van der Waals surface area (Å²) in [5, 5.41) is 0. The van der Waals surface area contributed by atoms with Gasteiger partial charge < -0.3 is 9.47 Å². The quantitative estimate of drug-likeness (QED) is 0.744. The molecule has 0 spiro atoms. The van der Waals surface area contributed by atoms with Crippen LogP contribution in [-0.4, -0.2) is 24.5 Å². The third-order valence-corrected chi connectivity index (χ3v) is 3.54. The molecule has 7 heteroatoms. The maximum absolute atomic E-state index is 13.5. The van der Waals surface area contributed by atoms with Crippen LogP contribution in [0.5, 0.6) is 11.5 Å². The molecule has 0 fully saturated rings. The second-order valence-corrected chi connectivity index (χ2v) is 5.51. The van der Waals surface area contributed by atoms with E-state index < -0.39 is 23.7 Å². The van der Waals surface area contributed by atoms with Gasteiger partial charge in [0.1, 0.15) is 5.75 Å². The fourth-order valence-electron chi connectivity index (χ4n) is 2.02. The summed E-state index contributed by atoms with van der Waals surface area (Å²) in [6.07, 6.45) is -0.0744. The van der Waals surface area contributed by atoms with Crippen LogP contribution in [-0.2, 0) is 16.0 Å². The topological polar surface area (TPSA) is 76.7 Å². The van der Waals surface area contributed by atoms with Crippen LogP contribution in [0.4, 0.5) is 4.39 Å². The molecule has 0 saturated carbocycles. The number of carbonyl (C=O) groups excluding carboxylic acids is 2. The van der Waals surface area contributed by atoms with E-state index in [0.29, 0.717) is 5.75 Å². The number of nitrogens with one attached hydrogen (secondary N) is 2. The summed E-state index contributed by atoms with van der Waals surface area (Å²) >= 11 is 0. The van der Waals surface area contributed by atoms with E-state index in [1.807, 2.05) is 19.1 Å². The largest absolute Gasteiger partial charge is 0.484 e. The second-order valence-electron chi connectivity index (χ2n) is 5.51. The van der Waals surface area contributed by atoms with Crippen LogP contribution in [0.3, 0.4) is 0 Å². The lowest BCUT2D eigenvalue weighted by atomic mass is 10.2. The highest BCUT2D eigenvalue weighted by atomic mass is 19.1. The van der Waals surface area contributed by atoms with Crippen molar-refractivity contribution in [2.75, 3.05) is 6.61 Å². The van der Waals surface area contributed by atoms with E-state index in [0.717, 1.165) is 12.0 Å². The Hall–Kier alpha value is -3.09. The molecule has 2 amide bonds. The van der Waals surface area contributed by atoms with Crippen molar-refractivity contribution in [1.82, 2.24) is 10.9 Å². The highest BCUT2D eigenvalue weighted by Crippen LogP contribution is 2.17. The van der Waals surface area contributed by atoms with Crippen LogP contribution >= 0.6 is 0 Å². The first-order valence-corrected chi connectivity index (χ1v) is 8.21. The summed E-state index contributed by atoms with van der Waals surface area (Å²) in [5.74, 6) is -1.20. The van der Waals surface area contributed by atoms with E-state index in [2.05, 4.69) is 10.9 Å². The molecule has 2 aromatic rings. The molecular weight excluding hydrogens is 339 g/mol. The average molecular weight is 360 g/mol. The van der Waals surface area contributed by atoms with Crippen LogP contribution in [0.2, 0.25) is 0 Å². The van der Waals surface area contributed by atoms with E-state index in [4.69, 9.17) is 9.47 Å². The normalized spacial score (nSPS) is 11.3. The molecule has 2 rings (SSSR count). The number of para-hydroxylation sites is 1. The van der Waals surface area contributed by atoms with Crippen LogP contribution in [0.15, 0.2) is 48.5 Å². The molecule has 0 bridgehead atoms. The molecule has 0 aromatic heterocycles. The Balaban J connectivity index is 1.73. The van der Waals surface area contributed by atoms with Crippen molar-refractivity contribution in [3.63, 3.8) is 0 Å². The number of hydrazine groups is 1. The summed E-state index contributed by atoms with van der Waals surface area (Å²) in [5.41, 5.74) is 5.59. The lowest BCUT2D eigenvalue weighted by Crippen LogP contribution is -2.48. The molecule has 0 saturated heterocycles. The van der Waals surface area contributed by atoms with Crippen molar-refractivity contribution in [3.05, 3.63) is 59.9 Å². The summed E-state index contributed by atoms with van der Waals surface area (Å²) in [4.78, 5) is 23.6. The summed E-state index contributed by atoms with van der Waals surface area (Å²) in [6, 6.07) is 13.1. The van der Waals surface area contributed by atoms with E-state index in [1.54, 1.807) is 18.2 Å². The minimum Gasteiger partial charge on any atom is -0.484 e. The summed E-state index contributed by atoms with van der Waals surface area (Å²) < 4.78 is 24.0. The van der Waals surface area contributed by atoms with Gasteiger partial charge in [-0.15, -0.1) is 0 Å². The molecule has 26 heavy (non-hydrogen) atoms. The van der Waals surface area contributed by atoms with Crippen molar-refractivity contribution < 1.29 is 23.5 Å². The number of halogens is 1. The van der Waals surface area contributed by atoms with Crippen LogP contribution < -0.4 is 20.3 Å². The molecule has 0 aliphatic rings. The molecule has 1 unspecified atom stereocenters. The van der Waals surface area contributed by atoms with Gasteiger partial charge in [0, 0.05) is 0 Å². The van der Waals surface area contributed by atoms with E-state index in [9.17, 15) is 14.0 Å². The number of carbonyl (C=O) groups is 2.